The number of nitriles is 1. The van der Waals surface area contributed by atoms with E-state index in [0.717, 1.165) is 12.8 Å². The lowest BCUT2D eigenvalue weighted by atomic mass is 10.0. The largest absolute Gasteiger partial charge is 0.462 e. The number of nitrogens with zero attached hydrogens (tertiary/aromatic N) is 1. The maximum Gasteiger partial charge on any atom is 0.127 e. The molecule has 0 saturated heterocycles. The standard InChI is InChI=1S/C22H28FNO2/c1-5-8-18(15-24)13-19(9-6-2)26-20-10-11-22(23)21(14-20)17(4)16-25-12-7-3/h5,8,10-11,13-14,17H,1,6-7,9,12,16H2,2-4H3/b18-8+,19-13+. The molecule has 0 radical (unpaired) electrons. The molecular weight excluding hydrogens is 329 g/mol. The molecular formula is C22H28FNO2. The van der Waals surface area contributed by atoms with E-state index in [-0.39, 0.29) is 11.7 Å². The van der Waals surface area contributed by atoms with Gasteiger partial charge in [-0.05, 0) is 48.8 Å². The molecule has 0 amide bonds. The number of halogens is 1. The first-order valence-electron chi connectivity index (χ1n) is 9.04. The first-order chi connectivity index (χ1) is 12.5. The summed E-state index contributed by atoms with van der Waals surface area (Å²) in [5.74, 6) is 0.878. The summed E-state index contributed by atoms with van der Waals surface area (Å²) in [4.78, 5) is 0. The number of rotatable bonds is 11. The van der Waals surface area contributed by atoms with Crippen molar-refractivity contribution >= 4 is 0 Å². The molecule has 1 unspecified atom stereocenters. The summed E-state index contributed by atoms with van der Waals surface area (Å²) in [6.45, 7) is 10.7. The van der Waals surface area contributed by atoms with Crippen LogP contribution in [-0.2, 0) is 4.74 Å². The Morgan fingerprint density at radius 3 is 2.73 bits per heavy atom. The van der Waals surface area contributed by atoms with E-state index >= 15 is 0 Å². The van der Waals surface area contributed by atoms with Crippen molar-refractivity contribution in [3.63, 3.8) is 0 Å². The smallest absolute Gasteiger partial charge is 0.127 e. The number of benzene rings is 1. The van der Waals surface area contributed by atoms with Crippen LogP contribution in [0.15, 0.2) is 54.3 Å². The predicted octanol–water partition coefficient (Wildman–Crippen LogP) is 6.05. The van der Waals surface area contributed by atoms with Crippen LogP contribution in [0, 0.1) is 17.1 Å². The van der Waals surface area contributed by atoms with E-state index in [2.05, 4.69) is 12.6 Å². The second-order valence-corrected chi connectivity index (χ2v) is 6.09. The molecule has 4 heteroatoms. The van der Waals surface area contributed by atoms with Gasteiger partial charge in [0.1, 0.15) is 17.3 Å². The topological polar surface area (TPSA) is 42.2 Å². The summed E-state index contributed by atoms with van der Waals surface area (Å²) in [7, 11) is 0. The Morgan fingerprint density at radius 2 is 2.12 bits per heavy atom. The molecule has 1 rings (SSSR count). The third-order valence-electron chi connectivity index (χ3n) is 3.70. The number of hydrogen-bond acceptors (Lipinski definition) is 3. The molecule has 26 heavy (non-hydrogen) atoms. The quantitative estimate of drug-likeness (QED) is 0.209. The Morgan fingerprint density at radius 1 is 1.35 bits per heavy atom. The molecule has 0 N–H and O–H groups in total. The van der Waals surface area contributed by atoms with Gasteiger partial charge in [0.05, 0.1) is 18.2 Å². The minimum atomic E-state index is -0.268. The molecule has 0 fully saturated rings. The van der Waals surface area contributed by atoms with Gasteiger partial charge < -0.3 is 9.47 Å². The normalized spacial score (nSPS) is 13.2. The van der Waals surface area contributed by atoms with Crippen LogP contribution in [0.3, 0.4) is 0 Å². The third kappa shape index (κ3) is 7.25. The Bertz CT molecular complexity index is 686. The number of allylic oxidation sites excluding steroid dienone is 5. The number of ether oxygens (including phenoxy) is 2. The summed E-state index contributed by atoms with van der Waals surface area (Å²) in [5.41, 5.74) is 1.03. The number of hydrogen-bond donors (Lipinski definition) is 0. The van der Waals surface area contributed by atoms with Crippen LogP contribution < -0.4 is 4.74 Å². The Hall–Kier alpha value is -2.38. The van der Waals surface area contributed by atoms with Crippen LogP contribution in [0.4, 0.5) is 4.39 Å². The molecule has 0 heterocycles. The molecule has 0 bridgehead atoms. The van der Waals surface area contributed by atoms with Gasteiger partial charge in [-0.3, -0.25) is 0 Å². The molecule has 1 atom stereocenters. The van der Waals surface area contributed by atoms with E-state index in [0.29, 0.717) is 42.3 Å². The van der Waals surface area contributed by atoms with Gasteiger partial charge in [0.15, 0.2) is 0 Å². The second-order valence-electron chi connectivity index (χ2n) is 6.09. The van der Waals surface area contributed by atoms with Crippen molar-refractivity contribution < 1.29 is 13.9 Å². The molecule has 0 aliphatic heterocycles. The highest BCUT2D eigenvalue weighted by atomic mass is 19.1. The van der Waals surface area contributed by atoms with E-state index in [9.17, 15) is 4.39 Å². The maximum atomic E-state index is 14.2. The fraction of sp³-hybridized carbons (Fsp3) is 0.409. The highest BCUT2D eigenvalue weighted by Crippen LogP contribution is 2.26. The summed E-state index contributed by atoms with van der Waals surface area (Å²) < 4.78 is 25.7. The minimum Gasteiger partial charge on any atom is -0.462 e. The lowest BCUT2D eigenvalue weighted by Crippen LogP contribution is -2.07. The van der Waals surface area contributed by atoms with Crippen LogP contribution in [0.1, 0.15) is 51.5 Å². The summed E-state index contributed by atoms with van der Waals surface area (Å²) in [6, 6.07) is 6.83. The average Bonchev–Trinajstić information content (AvgIpc) is 2.63. The van der Waals surface area contributed by atoms with Crippen LogP contribution in [0.5, 0.6) is 5.75 Å². The SMILES string of the molecule is C=C/C=C(C#N)\C=C(/CCC)Oc1ccc(F)c(C(C)COCCC)c1. The molecule has 0 aliphatic carbocycles. The molecule has 3 nitrogen and oxygen atoms in total. The van der Waals surface area contributed by atoms with E-state index in [1.807, 2.05) is 20.8 Å². The Labute approximate surface area is 156 Å². The van der Waals surface area contributed by atoms with Crippen LogP contribution in [-0.4, -0.2) is 13.2 Å². The minimum absolute atomic E-state index is 0.0703. The Kier molecular flexibility index (Phi) is 10.0. The van der Waals surface area contributed by atoms with Gasteiger partial charge in [-0.15, -0.1) is 0 Å². The zero-order valence-electron chi connectivity index (χ0n) is 15.9. The third-order valence-corrected chi connectivity index (χ3v) is 3.70. The molecule has 1 aromatic rings. The maximum absolute atomic E-state index is 14.2. The van der Waals surface area contributed by atoms with Crippen molar-refractivity contribution in [1.29, 1.82) is 5.26 Å². The highest BCUT2D eigenvalue weighted by molar-refractivity contribution is 5.38. The van der Waals surface area contributed by atoms with E-state index < -0.39 is 0 Å². The summed E-state index contributed by atoms with van der Waals surface area (Å²) >= 11 is 0. The van der Waals surface area contributed by atoms with Crippen molar-refractivity contribution in [3.05, 3.63) is 65.7 Å². The molecule has 0 aliphatic rings. The van der Waals surface area contributed by atoms with Crippen LogP contribution in [0.2, 0.25) is 0 Å². The predicted molar refractivity (Wildman–Crippen MR) is 103 cm³/mol. The first-order valence-corrected chi connectivity index (χ1v) is 9.04. The van der Waals surface area contributed by atoms with Crippen molar-refractivity contribution in [3.8, 4) is 11.8 Å². The molecule has 1 aromatic carbocycles. The molecule has 0 spiro atoms. The van der Waals surface area contributed by atoms with Gasteiger partial charge in [-0.2, -0.15) is 5.26 Å². The summed E-state index contributed by atoms with van der Waals surface area (Å²) in [5, 5.41) is 9.17. The van der Waals surface area contributed by atoms with Gasteiger partial charge in [0.25, 0.3) is 0 Å². The van der Waals surface area contributed by atoms with Gasteiger partial charge in [0, 0.05) is 18.9 Å². The summed E-state index contributed by atoms with van der Waals surface area (Å²) in [6.07, 6.45) is 7.37. The van der Waals surface area contributed by atoms with E-state index in [1.165, 1.54) is 6.07 Å². The van der Waals surface area contributed by atoms with Crippen molar-refractivity contribution in [1.82, 2.24) is 0 Å². The average molecular weight is 357 g/mol. The zero-order valence-corrected chi connectivity index (χ0v) is 15.9. The second kappa shape index (κ2) is 12.1. The van der Waals surface area contributed by atoms with Crippen LogP contribution >= 0.6 is 0 Å². The van der Waals surface area contributed by atoms with Crippen LogP contribution in [0.25, 0.3) is 0 Å². The van der Waals surface area contributed by atoms with Crippen molar-refractivity contribution in [2.75, 3.05) is 13.2 Å². The fourth-order valence-corrected chi connectivity index (χ4v) is 2.43. The van der Waals surface area contributed by atoms with E-state index in [4.69, 9.17) is 14.7 Å². The van der Waals surface area contributed by atoms with Gasteiger partial charge in [-0.1, -0.05) is 33.4 Å². The zero-order chi connectivity index (χ0) is 19.4. The molecule has 0 aromatic heterocycles. The monoisotopic (exact) mass is 357 g/mol. The van der Waals surface area contributed by atoms with E-state index in [1.54, 1.807) is 30.4 Å². The van der Waals surface area contributed by atoms with Crippen molar-refractivity contribution in [2.24, 2.45) is 0 Å². The lowest BCUT2D eigenvalue weighted by molar-refractivity contribution is 0.123. The highest BCUT2D eigenvalue weighted by Gasteiger charge is 2.13. The Balaban J connectivity index is 3.01. The molecule has 0 saturated carbocycles. The molecule has 140 valence electrons. The van der Waals surface area contributed by atoms with Gasteiger partial charge >= 0.3 is 0 Å². The first kappa shape index (κ1) is 21.7. The lowest BCUT2D eigenvalue weighted by Gasteiger charge is -2.16. The van der Waals surface area contributed by atoms with Gasteiger partial charge in [0.2, 0.25) is 0 Å². The van der Waals surface area contributed by atoms with Crippen molar-refractivity contribution in [2.45, 2.75) is 46.0 Å². The van der Waals surface area contributed by atoms with Gasteiger partial charge in [-0.25, -0.2) is 4.39 Å². The fourth-order valence-electron chi connectivity index (χ4n) is 2.43.